The maximum Gasteiger partial charge on any atom is 0.0998 e. The molecule has 0 amide bonds. The zero-order valence-electron chi connectivity index (χ0n) is 32.9. The zero-order valence-corrected chi connectivity index (χ0v) is 32.9. The number of fused-ring (bicyclic) bond motifs is 5. The highest BCUT2D eigenvalue weighted by Gasteiger charge is 2.22. The van der Waals surface area contributed by atoms with Crippen molar-refractivity contribution < 1.29 is 0 Å². The first-order chi connectivity index (χ1) is 30.2. The Morgan fingerprint density at radius 1 is 0.393 bits per heavy atom. The van der Waals surface area contributed by atoms with Gasteiger partial charge in [0.25, 0.3) is 0 Å². The van der Waals surface area contributed by atoms with Crippen LogP contribution in [0.2, 0.25) is 0 Å². The molecule has 0 fully saturated rings. The third kappa shape index (κ3) is 4.88. The third-order valence-corrected chi connectivity index (χ3v) is 13.0. The van der Waals surface area contributed by atoms with Crippen LogP contribution in [0, 0.1) is 11.3 Å². The average molecular weight is 772 g/mol. The molecule has 3 heteroatoms. The Labute approximate surface area is 350 Å². The van der Waals surface area contributed by atoms with E-state index in [0.29, 0.717) is 5.56 Å². The number of aromatic nitrogens is 2. The number of nitriles is 1. The molecule has 0 saturated carbocycles. The largest absolute Gasteiger partial charge is 0.308 e. The van der Waals surface area contributed by atoms with E-state index in [-0.39, 0.29) is 0 Å². The fourth-order valence-electron chi connectivity index (χ4n) is 10.3. The molecular formula is C58H33N3. The molecule has 13 aromatic rings. The molecular weight excluding hydrogens is 739 g/mol. The molecule has 0 aliphatic heterocycles. The summed E-state index contributed by atoms with van der Waals surface area (Å²) in [5.41, 5.74) is 12.1. The van der Waals surface area contributed by atoms with Crippen LogP contribution in [0.15, 0.2) is 200 Å². The average Bonchev–Trinajstić information content (AvgIpc) is 3.67. The standard InChI is InChI=1S/C58H33N3/c59-33-41-24-28-53-57-45(41)25-26-51-44(27-29-54(58(51)57)61(53)42-32-39-11-2-8-19-52(39)60-34-42)38-22-20-37-31-40(23-21-36(37)30-38)55-47-14-4-6-16-49(47)56(50-17-7-5-15-48(50)55)46-18-9-12-35-10-1-3-13-43(35)46/h1-32,34H. The molecule has 280 valence electrons. The lowest BCUT2D eigenvalue weighted by Gasteiger charge is -2.19. The summed E-state index contributed by atoms with van der Waals surface area (Å²) in [4.78, 5) is 4.83. The topological polar surface area (TPSA) is 41.6 Å². The van der Waals surface area contributed by atoms with Crippen molar-refractivity contribution in [3.63, 3.8) is 0 Å². The van der Waals surface area contributed by atoms with Crippen molar-refractivity contribution in [2.75, 3.05) is 0 Å². The van der Waals surface area contributed by atoms with Crippen molar-refractivity contribution in [1.29, 1.82) is 5.26 Å². The van der Waals surface area contributed by atoms with Gasteiger partial charge in [-0.15, -0.1) is 0 Å². The second-order valence-corrected chi connectivity index (χ2v) is 16.2. The van der Waals surface area contributed by atoms with Gasteiger partial charge in [-0.1, -0.05) is 152 Å². The number of rotatable bonds is 4. The fraction of sp³-hybridized carbons (Fsp3) is 0. The van der Waals surface area contributed by atoms with E-state index in [2.05, 4.69) is 187 Å². The van der Waals surface area contributed by atoms with E-state index in [1.807, 2.05) is 24.4 Å². The minimum atomic E-state index is 0.681. The van der Waals surface area contributed by atoms with Crippen LogP contribution in [-0.2, 0) is 0 Å². The van der Waals surface area contributed by atoms with Gasteiger partial charge in [-0.3, -0.25) is 4.98 Å². The van der Waals surface area contributed by atoms with Gasteiger partial charge >= 0.3 is 0 Å². The Morgan fingerprint density at radius 2 is 0.984 bits per heavy atom. The Morgan fingerprint density at radius 3 is 1.74 bits per heavy atom. The minimum absolute atomic E-state index is 0.681. The summed E-state index contributed by atoms with van der Waals surface area (Å²) in [6.45, 7) is 0. The first-order valence-electron chi connectivity index (χ1n) is 20.8. The molecule has 2 aromatic heterocycles. The van der Waals surface area contributed by atoms with Crippen LogP contribution in [-0.4, -0.2) is 9.55 Å². The number of nitrogens with zero attached hydrogens (tertiary/aromatic N) is 3. The van der Waals surface area contributed by atoms with E-state index in [1.54, 1.807) is 0 Å². The van der Waals surface area contributed by atoms with Crippen LogP contribution in [0.4, 0.5) is 0 Å². The van der Waals surface area contributed by atoms with Crippen LogP contribution in [0.5, 0.6) is 0 Å². The lowest BCUT2D eigenvalue weighted by atomic mass is 9.84. The molecule has 0 bridgehead atoms. The van der Waals surface area contributed by atoms with E-state index in [0.717, 1.165) is 54.7 Å². The van der Waals surface area contributed by atoms with Crippen molar-refractivity contribution in [3.8, 4) is 45.1 Å². The predicted molar refractivity (Wildman–Crippen MR) is 256 cm³/mol. The molecule has 0 aliphatic rings. The maximum atomic E-state index is 10.2. The van der Waals surface area contributed by atoms with E-state index in [9.17, 15) is 5.26 Å². The normalized spacial score (nSPS) is 11.9. The molecule has 11 aromatic carbocycles. The van der Waals surface area contributed by atoms with Crippen molar-refractivity contribution in [3.05, 3.63) is 206 Å². The second-order valence-electron chi connectivity index (χ2n) is 16.2. The monoisotopic (exact) mass is 771 g/mol. The minimum Gasteiger partial charge on any atom is -0.308 e. The number of hydrogen-bond donors (Lipinski definition) is 0. The summed E-state index contributed by atoms with van der Waals surface area (Å²) in [7, 11) is 0. The molecule has 0 unspecified atom stereocenters. The summed E-state index contributed by atoms with van der Waals surface area (Å²) in [5, 5.41) is 25.6. The van der Waals surface area contributed by atoms with Crippen molar-refractivity contribution in [2.45, 2.75) is 0 Å². The van der Waals surface area contributed by atoms with Crippen LogP contribution in [0.1, 0.15) is 5.56 Å². The molecule has 0 N–H and O–H groups in total. The van der Waals surface area contributed by atoms with Crippen LogP contribution >= 0.6 is 0 Å². The molecule has 0 spiro atoms. The van der Waals surface area contributed by atoms with Crippen molar-refractivity contribution in [1.82, 2.24) is 9.55 Å². The van der Waals surface area contributed by atoms with E-state index in [1.165, 1.54) is 70.9 Å². The maximum absolute atomic E-state index is 10.2. The molecule has 0 radical (unpaired) electrons. The van der Waals surface area contributed by atoms with Crippen LogP contribution in [0.3, 0.4) is 0 Å². The molecule has 0 atom stereocenters. The summed E-state index contributed by atoms with van der Waals surface area (Å²) in [6, 6.07) is 72.7. The number of para-hydroxylation sites is 1. The van der Waals surface area contributed by atoms with E-state index < -0.39 is 0 Å². The Kier molecular flexibility index (Phi) is 7.08. The predicted octanol–water partition coefficient (Wildman–Crippen LogP) is 15.4. The summed E-state index contributed by atoms with van der Waals surface area (Å²) in [6.07, 6.45) is 1.96. The van der Waals surface area contributed by atoms with Gasteiger partial charge in [0.05, 0.1) is 40.1 Å². The summed E-state index contributed by atoms with van der Waals surface area (Å²) >= 11 is 0. The van der Waals surface area contributed by atoms with Gasteiger partial charge in [-0.25, -0.2) is 0 Å². The van der Waals surface area contributed by atoms with Gasteiger partial charge in [0.2, 0.25) is 0 Å². The zero-order chi connectivity index (χ0) is 40.2. The van der Waals surface area contributed by atoms with Gasteiger partial charge in [-0.2, -0.15) is 5.26 Å². The Hall–Kier alpha value is -8.32. The first kappa shape index (κ1) is 33.6. The molecule has 0 saturated heterocycles. The highest BCUT2D eigenvalue weighted by molar-refractivity contribution is 6.28. The Balaban J connectivity index is 0.981. The quantitative estimate of drug-likeness (QED) is 0.132. The van der Waals surface area contributed by atoms with E-state index >= 15 is 0 Å². The molecule has 0 aliphatic carbocycles. The summed E-state index contributed by atoms with van der Waals surface area (Å²) in [5.74, 6) is 0. The molecule has 2 heterocycles. The molecule has 3 nitrogen and oxygen atoms in total. The lowest BCUT2D eigenvalue weighted by Crippen LogP contribution is -1.95. The third-order valence-electron chi connectivity index (χ3n) is 13.0. The SMILES string of the molecule is N#Cc1ccc2c3c1ccc1c(-c4ccc5cc(-c6c7ccccc7c(-c7cccc8ccccc78)c7ccccc67)ccc5c4)ccc(c13)n2-c1cnc2ccccc2c1. The van der Waals surface area contributed by atoms with Crippen molar-refractivity contribution >= 4 is 86.6 Å². The van der Waals surface area contributed by atoms with Gasteiger partial charge in [0, 0.05) is 21.5 Å². The van der Waals surface area contributed by atoms with Crippen LogP contribution in [0.25, 0.3) is 126 Å². The summed E-state index contributed by atoms with van der Waals surface area (Å²) < 4.78 is 2.30. The fourth-order valence-corrected chi connectivity index (χ4v) is 10.3. The van der Waals surface area contributed by atoms with Gasteiger partial charge < -0.3 is 4.57 Å². The van der Waals surface area contributed by atoms with Crippen LogP contribution < -0.4 is 0 Å². The highest BCUT2D eigenvalue weighted by atomic mass is 15.0. The van der Waals surface area contributed by atoms with E-state index in [4.69, 9.17) is 4.98 Å². The molecule has 13 rings (SSSR count). The number of benzene rings is 11. The van der Waals surface area contributed by atoms with Crippen molar-refractivity contribution in [2.24, 2.45) is 0 Å². The second kappa shape index (κ2) is 12.8. The first-order valence-corrected chi connectivity index (χ1v) is 20.8. The number of pyridine rings is 1. The molecule has 61 heavy (non-hydrogen) atoms. The van der Waals surface area contributed by atoms with Gasteiger partial charge in [-0.05, 0) is 124 Å². The van der Waals surface area contributed by atoms with Gasteiger partial charge in [0.15, 0.2) is 0 Å². The number of hydrogen-bond acceptors (Lipinski definition) is 2. The highest BCUT2D eigenvalue weighted by Crippen LogP contribution is 2.47. The van der Waals surface area contributed by atoms with Gasteiger partial charge in [0.1, 0.15) is 0 Å². The lowest BCUT2D eigenvalue weighted by molar-refractivity contribution is 1.16. The smallest absolute Gasteiger partial charge is 0.0998 e. The Bertz CT molecular complexity index is 3950.